The summed E-state index contributed by atoms with van der Waals surface area (Å²) in [6.07, 6.45) is 4.34. The second kappa shape index (κ2) is 5.08. The normalized spacial score (nSPS) is 15.1. The van der Waals surface area contributed by atoms with Gasteiger partial charge in [-0.25, -0.2) is 4.98 Å². The van der Waals surface area contributed by atoms with E-state index in [-0.39, 0.29) is 5.41 Å². The molecule has 118 valence electrons. The zero-order valence-corrected chi connectivity index (χ0v) is 13.9. The number of anilines is 2. The highest BCUT2D eigenvalue weighted by Crippen LogP contribution is 2.39. The van der Waals surface area contributed by atoms with Crippen LogP contribution in [0.25, 0.3) is 5.65 Å². The Balaban J connectivity index is 1.70. The minimum Gasteiger partial charge on any atom is -0.340 e. The van der Waals surface area contributed by atoms with Gasteiger partial charge in [0.15, 0.2) is 5.65 Å². The van der Waals surface area contributed by atoms with Crippen molar-refractivity contribution in [3.63, 3.8) is 0 Å². The van der Waals surface area contributed by atoms with Crippen LogP contribution >= 0.6 is 0 Å². The number of rotatable bonds is 3. The van der Waals surface area contributed by atoms with Gasteiger partial charge in [0.2, 0.25) is 0 Å². The van der Waals surface area contributed by atoms with Crippen LogP contribution in [0.3, 0.4) is 0 Å². The molecule has 0 bridgehead atoms. The van der Waals surface area contributed by atoms with Gasteiger partial charge in [0.1, 0.15) is 5.82 Å². The zero-order chi connectivity index (χ0) is 16.0. The van der Waals surface area contributed by atoms with Crippen molar-refractivity contribution >= 4 is 17.2 Å². The van der Waals surface area contributed by atoms with Crippen LogP contribution in [0.15, 0.2) is 42.6 Å². The smallest absolute Gasteiger partial charge is 0.157 e. The average Bonchev–Trinajstić information content (AvgIpc) is 3.26. The molecule has 0 radical (unpaired) electrons. The maximum Gasteiger partial charge on any atom is 0.157 e. The van der Waals surface area contributed by atoms with Gasteiger partial charge in [-0.2, -0.15) is 9.61 Å². The minimum absolute atomic E-state index is 0.135. The Bertz CT molecular complexity index is 853. The van der Waals surface area contributed by atoms with Crippen molar-refractivity contribution in [2.24, 2.45) is 0 Å². The van der Waals surface area contributed by atoms with Crippen LogP contribution in [0.5, 0.6) is 0 Å². The van der Waals surface area contributed by atoms with Crippen molar-refractivity contribution in [1.29, 1.82) is 0 Å². The SMILES string of the molecule is CC(C)(C)c1cccc(Nc2ccnc3cc(C4CC4)nn23)c1. The summed E-state index contributed by atoms with van der Waals surface area (Å²) in [6.45, 7) is 6.69. The molecule has 1 saturated carbocycles. The van der Waals surface area contributed by atoms with E-state index in [1.165, 1.54) is 18.4 Å². The van der Waals surface area contributed by atoms with Gasteiger partial charge < -0.3 is 5.32 Å². The van der Waals surface area contributed by atoms with Crippen molar-refractivity contribution in [2.75, 3.05) is 5.32 Å². The fourth-order valence-electron chi connectivity index (χ4n) is 2.80. The number of nitrogens with zero attached hydrogens (tertiary/aromatic N) is 3. The van der Waals surface area contributed by atoms with E-state index >= 15 is 0 Å². The van der Waals surface area contributed by atoms with Crippen LogP contribution < -0.4 is 5.32 Å². The molecule has 4 rings (SSSR count). The number of nitrogens with one attached hydrogen (secondary N) is 1. The fourth-order valence-corrected chi connectivity index (χ4v) is 2.80. The first kappa shape index (κ1) is 14.2. The molecule has 1 aromatic carbocycles. The third-order valence-electron chi connectivity index (χ3n) is 4.37. The molecule has 3 aromatic rings. The Hall–Kier alpha value is -2.36. The molecule has 23 heavy (non-hydrogen) atoms. The van der Waals surface area contributed by atoms with E-state index in [9.17, 15) is 0 Å². The third-order valence-corrected chi connectivity index (χ3v) is 4.37. The first-order valence-corrected chi connectivity index (χ1v) is 8.23. The Morgan fingerprint density at radius 3 is 2.70 bits per heavy atom. The number of fused-ring (bicyclic) bond motifs is 1. The van der Waals surface area contributed by atoms with Gasteiger partial charge in [-0.3, -0.25) is 0 Å². The molecule has 0 saturated heterocycles. The Kier molecular flexibility index (Phi) is 3.15. The zero-order valence-electron chi connectivity index (χ0n) is 13.9. The van der Waals surface area contributed by atoms with Crippen LogP contribution in [-0.2, 0) is 5.41 Å². The van der Waals surface area contributed by atoms with Gasteiger partial charge >= 0.3 is 0 Å². The Labute approximate surface area is 136 Å². The van der Waals surface area contributed by atoms with Crippen molar-refractivity contribution < 1.29 is 0 Å². The number of aromatic nitrogens is 3. The second-order valence-corrected chi connectivity index (χ2v) is 7.40. The predicted octanol–water partition coefficient (Wildman–Crippen LogP) is 4.65. The maximum atomic E-state index is 4.73. The number of hydrogen-bond acceptors (Lipinski definition) is 3. The van der Waals surface area contributed by atoms with E-state index in [0.717, 1.165) is 22.8 Å². The largest absolute Gasteiger partial charge is 0.340 e. The van der Waals surface area contributed by atoms with E-state index in [1.807, 2.05) is 16.8 Å². The molecule has 0 unspecified atom stereocenters. The highest BCUT2D eigenvalue weighted by Gasteiger charge is 2.26. The van der Waals surface area contributed by atoms with Crippen molar-refractivity contribution in [3.05, 3.63) is 53.9 Å². The minimum atomic E-state index is 0.135. The summed E-state index contributed by atoms with van der Waals surface area (Å²) in [5.74, 6) is 1.58. The number of benzene rings is 1. The molecule has 1 N–H and O–H groups in total. The van der Waals surface area contributed by atoms with Gasteiger partial charge in [0, 0.05) is 23.9 Å². The molecule has 0 spiro atoms. The van der Waals surface area contributed by atoms with Crippen LogP contribution in [0.1, 0.15) is 50.8 Å². The second-order valence-electron chi connectivity index (χ2n) is 7.40. The molecule has 1 aliphatic carbocycles. The van der Waals surface area contributed by atoms with E-state index in [2.05, 4.69) is 61.4 Å². The van der Waals surface area contributed by atoms with Gasteiger partial charge in [-0.05, 0) is 42.0 Å². The summed E-state index contributed by atoms with van der Waals surface area (Å²) < 4.78 is 1.91. The summed E-state index contributed by atoms with van der Waals surface area (Å²) in [7, 11) is 0. The van der Waals surface area contributed by atoms with Crippen LogP contribution in [0.2, 0.25) is 0 Å². The Morgan fingerprint density at radius 1 is 1.13 bits per heavy atom. The lowest BCUT2D eigenvalue weighted by Gasteiger charge is -2.20. The quantitative estimate of drug-likeness (QED) is 0.766. The summed E-state index contributed by atoms with van der Waals surface area (Å²) in [4.78, 5) is 4.43. The topological polar surface area (TPSA) is 42.2 Å². The van der Waals surface area contributed by atoms with E-state index in [1.54, 1.807) is 0 Å². The first-order chi connectivity index (χ1) is 11.0. The molecule has 2 aromatic heterocycles. The first-order valence-electron chi connectivity index (χ1n) is 8.23. The van der Waals surface area contributed by atoms with Crippen molar-refractivity contribution in [3.8, 4) is 0 Å². The molecular formula is C19H22N4. The molecule has 4 nitrogen and oxygen atoms in total. The lowest BCUT2D eigenvalue weighted by atomic mass is 9.87. The van der Waals surface area contributed by atoms with E-state index in [0.29, 0.717) is 5.92 Å². The molecule has 1 aliphatic rings. The standard InChI is InChI=1S/C19H22N4/c1-19(2,3)14-5-4-6-15(11-14)21-17-9-10-20-18-12-16(13-7-8-13)22-23(17)18/h4-6,9-13,21H,7-8H2,1-3H3. The molecule has 2 heterocycles. The van der Waals surface area contributed by atoms with E-state index < -0.39 is 0 Å². The lowest BCUT2D eigenvalue weighted by Crippen LogP contribution is -2.11. The Morgan fingerprint density at radius 2 is 1.96 bits per heavy atom. The third kappa shape index (κ3) is 2.81. The van der Waals surface area contributed by atoms with Crippen molar-refractivity contribution in [1.82, 2.24) is 14.6 Å². The van der Waals surface area contributed by atoms with Crippen LogP contribution in [0, 0.1) is 0 Å². The fraction of sp³-hybridized carbons (Fsp3) is 0.368. The van der Waals surface area contributed by atoms with Gasteiger partial charge in [0.05, 0.1) is 5.69 Å². The summed E-state index contributed by atoms with van der Waals surface area (Å²) in [6, 6.07) is 12.6. The molecular weight excluding hydrogens is 284 g/mol. The lowest BCUT2D eigenvalue weighted by molar-refractivity contribution is 0.590. The van der Waals surface area contributed by atoms with Gasteiger partial charge in [0.25, 0.3) is 0 Å². The molecule has 0 aliphatic heterocycles. The monoisotopic (exact) mass is 306 g/mol. The maximum absolute atomic E-state index is 4.73. The molecule has 1 fully saturated rings. The average molecular weight is 306 g/mol. The van der Waals surface area contributed by atoms with E-state index in [4.69, 9.17) is 5.10 Å². The summed E-state index contributed by atoms with van der Waals surface area (Å²) >= 11 is 0. The molecule has 0 amide bonds. The highest BCUT2D eigenvalue weighted by atomic mass is 15.3. The summed E-state index contributed by atoms with van der Waals surface area (Å²) in [5, 5.41) is 8.23. The van der Waals surface area contributed by atoms with Gasteiger partial charge in [-0.15, -0.1) is 0 Å². The summed E-state index contributed by atoms with van der Waals surface area (Å²) in [5.41, 5.74) is 4.59. The van der Waals surface area contributed by atoms with Crippen LogP contribution in [-0.4, -0.2) is 14.6 Å². The van der Waals surface area contributed by atoms with Gasteiger partial charge in [-0.1, -0.05) is 32.9 Å². The predicted molar refractivity (Wildman–Crippen MR) is 93.4 cm³/mol. The van der Waals surface area contributed by atoms with Crippen LogP contribution in [0.4, 0.5) is 11.5 Å². The van der Waals surface area contributed by atoms with Crippen molar-refractivity contribution in [2.45, 2.75) is 44.9 Å². The molecule has 4 heteroatoms. The highest BCUT2D eigenvalue weighted by molar-refractivity contribution is 5.60. The number of hydrogen-bond donors (Lipinski definition) is 1. The molecule has 0 atom stereocenters.